The fourth-order valence-corrected chi connectivity index (χ4v) is 1.64. The molecule has 1 aromatic carbocycles. The molecule has 0 atom stereocenters. The SMILES string of the molecule is CCSC(=O)NCCc1ccc(N)cc1. The van der Waals surface area contributed by atoms with Crippen LogP contribution in [0.25, 0.3) is 0 Å². The molecule has 4 heteroatoms. The van der Waals surface area contributed by atoms with Crippen molar-refractivity contribution in [3.05, 3.63) is 29.8 Å². The van der Waals surface area contributed by atoms with Crippen LogP contribution in [0.2, 0.25) is 0 Å². The highest BCUT2D eigenvalue weighted by atomic mass is 32.2. The quantitative estimate of drug-likeness (QED) is 0.771. The van der Waals surface area contributed by atoms with E-state index in [2.05, 4.69) is 5.32 Å². The molecule has 0 fully saturated rings. The van der Waals surface area contributed by atoms with Gasteiger partial charge in [0.05, 0.1) is 0 Å². The molecule has 82 valence electrons. The lowest BCUT2D eigenvalue weighted by Crippen LogP contribution is -2.21. The first kappa shape index (κ1) is 11.9. The molecule has 0 aromatic heterocycles. The molecule has 0 saturated heterocycles. The van der Waals surface area contributed by atoms with Gasteiger partial charge in [0.1, 0.15) is 0 Å². The van der Waals surface area contributed by atoms with Crippen molar-refractivity contribution in [1.29, 1.82) is 0 Å². The van der Waals surface area contributed by atoms with Crippen molar-refractivity contribution in [3.63, 3.8) is 0 Å². The molecular formula is C11H16N2OS. The molecule has 0 radical (unpaired) electrons. The van der Waals surface area contributed by atoms with Crippen LogP contribution in [0.1, 0.15) is 12.5 Å². The zero-order valence-electron chi connectivity index (χ0n) is 8.82. The van der Waals surface area contributed by atoms with Crippen molar-refractivity contribution in [2.24, 2.45) is 0 Å². The maximum atomic E-state index is 11.1. The zero-order chi connectivity index (χ0) is 11.1. The number of nitrogens with one attached hydrogen (secondary N) is 1. The summed E-state index contributed by atoms with van der Waals surface area (Å²) in [6.07, 6.45) is 0.844. The normalized spacial score (nSPS) is 9.93. The largest absolute Gasteiger partial charge is 0.399 e. The summed E-state index contributed by atoms with van der Waals surface area (Å²) in [5.41, 5.74) is 7.52. The van der Waals surface area contributed by atoms with Crippen LogP contribution in [0.3, 0.4) is 0 Å². The van der Waals surface area contributed by atoms with E-state index in [0.717, 1.165) is 17.9 Å². The number of anilines is 1. The van der Waals surface area contributed by atoms with Crippen molar-refractivity contribution in [3.8, 4) is 0 Å². The number of carbonyl (C=O) groups is 1. The number of thioether (sulfide) groups is 1. The fourth-order valence-electron chi connectivity index (χ4n) is 1.18. The average Bonchev–Trinajstić information content (AvgIpc) is 2.21. The highest BCUT2D eigenvalue weighted by Crippen LogP contribution is 2.06. The van der Waals surface area contributed by atoms with Gasteiger partial charge in [-0.15, -0.1) is 0 Å². The molecule has 3 nitrogen and oxygen atoms in total. The van der Waals surface area contributed by atoms with Crippen LogP contribution in [-0.4, -0.2) is 17.5 Å². The van der Waals surface area contributed by atoms with Crippen LogP contribution in [0, 0.1) is 0 Å². The van der Waals surface area contributed by atoms with Gasteiger partial charge in [0.25, 0.3) is 5.24 Å². The van der Waals surface area contributed by atoms with Gasteiger partial charge < -0.3 is 11.1 Å². The molecule has 0 aliphatic rings. The van der Waals surface area contributed by atoms with Gasteiger partial charge in [-0.05, 0) is 29.9 Å². The lowest BCUT2D eigenvalue weighted by atomic mass is 10.1. The molecule has 0 heterocycles. The summed E-state index contributed by atoms with van der Waals surface area (Å²) >= 11 is 1.30. The first-order valence-corrected chi connectivity index (χ1v) is 5.96. The lowest BCUT2D eigenvalue weighted by molar-refractivity contribution is 0.261. The number of nitrogen functional groups attached to an aromatic ring is 1. The maximum Gasteiger partial charge on any atom is 0.279 e. The molecule has 0 aliphatic heterocycles. The topological polar surface area (TPSA) is 55.1 Å². The predicted molar refractivity (Wildman–Crippen MR) is 66.1 cm³/mol. The highest BCUT2D eigenvalue weighted by Gasteiger charge is 1.98. The Labute approximate surface area is 94.4 Å². The Balaban J connectivity index is 2.26. The second-order valence-electron chi connectivity index (χ2n) is 3.14. The monoisotopic (exact) mass is 224 g/mol. The Morgan fingerprint density at radius 1 is 1.40 bits per heavy atom. The van der Waals surface area contributed by atoms with Crippen LogP contribution in [0.5, 0.6) is 0 Å². The van der Waals surface area contributed by atoms with Crippen LogP contribution < -0.4 is 11.1 Å². The summed E-state index contributed by atoms with van der Waals surface area (Å²) < 4.78 is 0. The Morgan fingerprint density at radius 3 is 2.67 bits per heavy atom. The van der Waals surface area contributed by atoms with E-state index >= 15 is 0 Å². The summed E-state index contributed by atoms with van der Waals surface area (Å²) in [5.74, 6) is 0.813. The average molecular weight is 224 g/mol. The molecule has 3 N–H and O–H groups in total. The van der Waals surface area contributed by atoms with E-state index < -0.39 is 0 Å². The summed E-state index contributed by atoms with van der Waals surface area (Å²) in [5, 5.41) is 2.89. The van der Waals surface area contributed by atoms with Crippen LogP contribution in [0.4, 0.5) is 10.5 Å². The van der Waals surface area contributed by atoms with E-state index in [0.29, 0.717) is 6.54 Å². The van der Waals surface area contributed by atoms with E-state index in [9.17, 15) is 4.79 Å². The molecular weight excluding hydrogens is 208 g/mol. The predicted octanol–water partition coefficient (Wildman–Crippen LogP) is 2.27. The molecule has 1 amide bonds. The molecule has 0 spiro atoms. The Morgan fingerprint density at radius 2 is 2.07 bits per heavy atom. The molecule has 1 rings (SSSR count). The Bertz CT molecular complexity index is 311. The van der Waals surface area contributed by atoms with E-state index in [1.165, 1.54) is 17.3 Å². The van der Waals surface area contributed by atoms with Crippen molar-refractivity contribution in [2.45, 2.75) is 13.3 Å². The molecule has 0 aliphatic carbocycles. The summed E-state index contributed by atoms with van der Waals surface area (Å²) in [4.78, 5) is 11.1. The number of benzene rings is 1. The number of amides is 1. The van der Waals surface area contributed by atoms with Gasteiger partial charge >= 0.3 is 0 Å². The second-order valence-corrected chi connectivity index (χ2v) is 4.38. The molecule has 0 unspecified atom stereocenters. The number of rotatable bonds is 4. The highest BCUT2D eigenvalue weighted by molar-refractivity contribution is 8.13. The number of carbonyl (C=O) groups excluding carboxylic acids is 1. The van der Waals surface area contributed by atoms with Crippen molar-refractivity contribution in [2.75, 3.05) is 18.0 Å². The van der Waals surface area contributed by atoms with Crippen molar-refractivity contribution < 1.29 is 4.79 Å². The van der Waals surface area contributed by atoms with Gasteiger partial charge in [-0.3, -0.25) is 4.79 Å². The van der Waals surface area contributed by atoms with Crippen LogP contribution >= 0.6 is 11.8 Å². The minimum absolute atomic E-state index is 0.0490. The zero-order valence-corrected chi connectivity index (χ0v) is 9.64. The van der Waals surface area contributed by atoms with E-state index in [-0.39, 0.29) is 5.24 Å². The number of hydrogen-bond acceptors (Lipinski definition) is 3. The first-order valence-electron chi connectivity index (χ1n) is 4.97. The van der Waals surface area contributed by atoms with E-state index in [4.69, 9.17) is 5.73 Å². The summed E-state index contributed by atoms with van der Waals surface area (Å²) in [6, 6.07) is 7.71. The molecule has 0 saturated carbocycles. The maximum absolute atomic E-state index is 11.1. The van der Waals surface area contributed by atoms with Gasteiger partial charge in [0.15, 0.2) is 0 Å². The third-order valence-electron chi connectivity index (χ3n) is 1.94. The molecule has 1 aromatic rings. The summed E-state index contributed by atoms with van der Waals surface area (Å²) in [7, 11) is 0. The first-order chi connectivity index (χ1) is 7.22. The Kier molecular flexibility index (Phi) is 5.04. The molecule has 0 bridgehead atoms. The Hall–Kier alpha value is -1.16. The fraction of sp³-hybridized carbons (Fsp3) is 0.364. The van der Waals surface area contributed by atoms with E-state index in [1.54, 1.807) is 0 Å². The minimum atomic E-state index is 0.0490. The third kappa shape index (κ3) is 4.74. The van der Waals surface area contributed by atoms with Gasteiger partial charge in [0.2, 0.25) is 0 Å². The standard InChI is InChI=1S/C11H16N2OS/c1-2-15-11(14)13-8-7-9-3-5-10(12)6-4-9/h3-6H,2,7-8,12H2,1H3,(H,13,14). The van der Waals surface area contributed by atoms with Gasteiger partial charge in [-0.1, -0.05) is 30.8 Å². The third-order valence-corrected chi connectivity index (χ3v) is 2.63. The molecule has 15 heavy (non-hydrogen) atoms. The van der Waals surface area contributed by atoms with E-state index in [1.807, 2.05) is 31.2 Å². The van der Waals surface area contributed by atoms with Crippen molar-refractivity contribution >= 4 is 22.7 Å². The number of hydrogen-bond donors (Lipinski definition) is 2. The second kappa shape index (κ2) is 6.35. The van der Waals surface area contributed by atoms with Crippen LogP contribution in [-0.2, 0) is 6.42 Å². The number of nitrogens with two attached hydrogens (primary N) is 1. The van der Waals surface area contributed by atoms with Crippen molar-refractivity contribution in [1.82, 2.24) is 5.32 Å². The van der Waals surface area contributed by atoms with Crippen LogP contribution in [0.15, 0.2) is 24.3 Å². The lowest BCUT2D eigenvalue weighted by Gasteiger charge is -2.04. The van der Waals surface area contributed by atoms with Gasteiger partial charge in [-0.25, -0.2) is 0 Å². The van der Waals surface area contributed by atoms with Gasteiger partial charge in [-0.2, -0.15) is 0 Å². The summed E-state index contributed by atoms with van der Waals surface area (Å²) in [6.45, 7) is 2.64. The smallest absolute Gasteiger partial charge is 0.279 e. The minimum Gasteiger partial charge on any atom is -0.399 e. The van der Waals surface area contributed by atoms with Gasteiger partial charge in [0, 0.05) is 12.2 Å².